The van der Waals surface area contributed by atoms with E-state index >= 15 is 0 Å². The molecule has 2 unspecified atom stereocenters. The Balaban J connectivity index is 2.41. The summed E-state index contributed by atoms with van der Waals surface area (Å²) < 4.78 is 0. The molecule has 0 radical (unpaired) electrons. The Morgan fingerprint density at radius 2 is 2.17 bits per heavy atom. The van der Waals surface area contributed by atoms with Crippen molar-refractivity contribution in [3.63, 3.8) is 0 Å². The van der Waals surface area contributed by atoms with Gasteiger partial charge in [0.2, 0.25) is 5.91 Å². The quantitative estimate of drug-likeness (QED) is 0.694. The second kappa shape index (κ2) is 6.02. The molecule has 0 bridgehead atoms. The standard InChI is InChI=1S/C14H28N2O2/c1-5-14(6-7-15-10-14)12(18)16-9-11(17)8-13(2,3)4/h11,15,17H,5-10H2,1-4H3,(H,16,18). The summed E-state index contributed by atoms with van der Waals surface area (Å²) in [5.41, 5.74) is -0.178. The van der Waals surface area contributed by atoms with E-state index in [-0.39, 0.29) is 16.7 Å². The number of amides is 1. The second-order valence-corrected chi connectivity index (χ2v) is 6.69. The lowest BCUT2D eigenvalue weighted by atomic mass is 9.83. The van der Waals surface area contributed by atoms with E-state index in [1.54, 1.807) is 0 Å². The molecule has 0 saturated carbocycles. The summed E-state index contributed by atoms with van der Waals surface area (Å²) in [5.74, 6) is 0.0861. The number of carbonyl (C=O) groups is 1. The van der Waals surface area contributed by atoms with Crippen LogP contribution in [0.25, 0.3) is 0 Å². The van der Waals surface area contributed by atoms with E-state index in [9.17, 15) is 9.90 Å². The minimum absolute atomic E-state index is 0.0848. The number of hydrogen-bond donors (Lipinski definition) is 3. The van der Waals surface area contributed by atoms with Crippen molar-refractivity contribution in [3.05, 3.63) is 0 Å². The first kappa shape index (κ1) is 15.4. The molecule has 1 aliphatic rings. The van der Waals surface area contributed by atoms with Crippen molar-refractivity contribution in [1.29, 1.82) is 0 Å². The van der Waals surface area contributed by atoms with Gasteiger partial charge < -0.3 is 15.7 Å². The third-order valence-corrected chi connectivity index (χ3v) is 3.75. The summed E-state index contributed by atoms with van der Waals surface area (Å²) in [7, 11) is 0. The molecular weight excluding hydrogens is 228 g/mol. The van der Waals surface area contributed by atoms with Crippen LogP contribution in [0.15, 0.2) is 0 Å². The molecule has 3 N–H and O–H groups in total. The fourth-order valence-corrected chi connectivity index (χ4v) is 2.58. The normalized spacial score (nSPS) is 26.1. The van der Waals surface area contributed by atoms with Crippen molar-refractivity contribution < 1.29 is 9.90 Å². The highest BCUT2D eigenvalue weighted by molar-refractivity contribution is 5.83. The molecule has 2 atom stereocenters. The summed E-state index contributed by atoms with van der Waals surface area (Å²) in [5, 5.41) is 16.1. The van der Waals surface area contributed by atoms with Crippen LogP contribution in [0.1, 0.15) is 47.0 Å². The van der Waals surface area contributed by atoms with E-state index in [4.69, 9.17) is 0 Å². The van der Waals surface area contributed by atoms with Gasteiger partial charge in [0, 0.05) is 13.1 Å². The SMILES string of the molecule is CCC1(C(=O)NCC(O)CC(C)(C)C)CCNC1. The summed E-state index contributed by atoms with van der Waals surface area (Å²) in [6.45, 7) is 10.3. The van der Waals surface area contributed by atoms with Crippen LogP contribution in [0.5, 0.6) is 0 Å². The molecule has 1 amide bonds. The van der Waals surface area contributed by atoms with Crippen molar-refractivity contribution in [2.24, 2.45) is 10.8 Å². The Morgan fingerprint density at radius 1 is 1.50 bits per heavy atom. The maximum Gasteiger partial charge on any atom is 0.227 e. The summed E-state index contributed by atoms with van der Waals surface area (Å²) in [6, 6.07) is 0. The van der Waals surface area contributed by atoms with E-state index in [0.29, 0.717) is 13.0 Å². The fourth-order valence-electron chi connectivity index (χ4n) is 2.58. The Kier molecular flexibility index (Phi) is 5.17. The van der Waals surface area contributed by atoms with Crippen molar-refractivity contribution in [1.82, 2.24) is 10.6 Å². The molecule has 1 rings (SSSR count). The first-order chi connectivity index (χ1) is 8.29. The molecule has 0 aromatic carbocycles. The minimum atomic E-state index is -0.461. The zero-order chi connectivity index (χ0) is 13.8. The van der Waals surface area contributed by atoms with E-state index in [2.05, 4.69) is 38.3 Å². The summed E-state index contributed by atoms with van der Waals surface area (Å²) in [4.78, 5) is 12.2. The number of aliphatic hydroxyl groups excluding tert-OH is 1. The molecule has 0 aromatic rings. The van der Waals surface area contributed by atoms with Crippen molar-refractivity contribution in [3.8, 4) is 0 Å². The first-order valence-corrected chi connectivity index (χ1v) is 6.96. The van der Waals surface area contributed by atoms with Gasteiger partial charge in [-0.15, -0.1) is 0 Å². The lowest BCUT2D eigenvalue weighted by molar-refractivity contribution is -0.130. The van der Waals surface area contributed by atoms with E-state index in [1.165, 1.54) is 0 Å². The average molecular weight is 256 g/mol. The highest BCUT2D eigenvalue weighted by atomic mass is 16.3. The highest BCUT2D eigenvalue weighted by Gasteiger charge is 2.39. The number of aliphatic hydroxyl groups is 1. The third-order valence-electron chi connectivity index (χ3n) is 3.75. The Hall–Kier alpha value is -0.610. The van der Waals surface area contributed by atoms with Gasteiger partial charge in [0.15, 0.2) is 0 Å². The molecular formula is C14H28N2O2. The Labute approximate surface area is 111 Å². The van der Waals surface area contributed by atoms with Crippen LogP contribution in [-0.4, -0.2) is 36.8 Å². The highest BCUT2D eigenvalue weighted by Crippen LogP contribution is 2.29. The molecule has 4 heteroatoms. The molecule has 1 saturated heterocycles. The van der Waals surface area contributed by atoms with Crippen LogP contribution in [-0.2, 0) is 4.79 Å². The number of rotatable bonds is 5. The Morgan fingerprint density at radius 3 is 2.61 bits per heavy atom. The van der Waals surface area contributed by atoms with Crippen molar-refractivity contribution >= 4 is 5.91 Å². The van der Waals surface area contributed by atoms with E-state index < -0.39 is 6.10 Å². The predicted molar refractivity (Wildman–Crippen MR) is 73.3 cm³/mol. The summed E-state index contributed by atoms with van der Waals surface area (Å²) in [6.07, 6.45) is 1.98. The van der Waals surface area contributed by atoms with Gasteiger partial charge in [0.25, 0.3) is 0 Å². The van der Waals surface area contributed by atoms with Crippen LogP contribution in [0.4, 0.5) is 0 Å². The molecule has 18 heavy (non-hydrogen) atoms. The lowest BCUT2D eigenvalue weighted by Crippen LogP contribution is -2.45. The molecule has 1 aliphatic heterocycles. The van der Waals surface area contributed by atoms with Gasteiger partial charge >= 0.3 is 0 Å². The molecule has 0 aromatic heterocycles. The van der Waals surface area contributed by atoms with Gasteiger partial charge in [-0.1, -0.05) is 27.7 Å². The lowest BCUT2D eigenvalue weighted by Gasteiger charge is -2.27. The predicted octanol–water partition coefficient (Wildman–Crippen LogP) is 1.29. The van der Waals surface area contributed by atoms with Gasteiger partial charge in [-0.3, -0.25) is 4.79 Å². The van der Waals surface area contributed by atoms with E-state index in [1.807, 2.05) is 0 Å². The van der Waals surface area contributed by atoms with Gasteiger partial charge in [0.05, 0.1) is 11.5 Å². The average Bonchev–Trinajstić information content (AvgIpc) is 2.73. The maximum absolute atomic E-state index is 12.2. The molecule has 0 spiro atoms. The molecule has 4 nitrogen and oxygen atoms in total. The van der Waals surface area contributed by atoms with Crippen molar-refractivity contribution in [2.75, 3.05) is 19.6 Å². The van der Waals surface area contributed by atoms with Crippen LogP contribution >= 0.6 is 0 Å². The smallest absolute Gasteiger partial charge is 0.227 e. The molecule has 0 aliphatic carbocycles. The summed E-state index contributed by atoms with van der Waals surface area (Å²) >= 11 is 0. The van der Waals surface area contributed by atoms with Crippen LogP contribution in [0.2, 0.25) is 0 Å². The molecule has 106 valence electrons. The largest absolute Gasteiger partial charge is 0.391 e. The maximum atomic E-state index is 12.2. The van der Waals surface area contributed by atoms with Crippen LogP contribution in [0.3, 0.4) is 0 Å². The second-order valence-electron chi connectivity index (χ2n) is 6.69. The molecule has 1 heterocycles. The minimum Gasteiger partial charge on any atom is -0.391 e. The van der Waals surface area contributed by atoms with Crippen LogP contribution in [0, 0.1) is 10.8 Å². The fraction of sp³-hybridized carbons (Fsp3) is 0.929. The van der Waals surface area contributed by atoms with Gasteiger partial charge in [-0.05, 0) is 31.2 Å². The monoisotopic (exact) mass is 256 g/mol. The van der Waals surface area contributed by atoms with Gasteiger partial charge in [0.1, 0.15) is 0 Å². The van der Waals surface area contributed by atoms with Gasteiger partial charge in [-0.25, -0.2) is 0 Å². The van der Waals surface area contributed by atoms with Gasteiger partial charge in [-0.2, -0.15) is 0 Å². The zero-order valence-electron chi connectivity index (χ0n) is 12.2. The molecule has 1 fully saturated rings. The third kappa shape index (κ3) is 4.25. The first-order valence-electron chi connectivity index (χ1n) is 6.96. The van der Waals surface area contributed by atoms with Crippen LogP contribution < -0.4 is 10.6 Å². The van der Waals surface area contributed by atoms with Crippen molar-refractivity contribution in [2.45, 2.75) is 53.1 Å². The number of hydrogen-bond acceptors (Lipinski definition) is 3. The zero-order valence-corrected chi connectivity index (χ0v) is 12.2. The van der Waals surface area contributed by atoms with E-state index in [0.717, 1.165) is 25.9 Å². The number of carbonyl (C=O) groups excluding carboxylic acids is 1. The topological polar surface area (TPSA) is 61.4 Å². The number of nitrogens with one attached hydrogen (secondary N) is 2. The Bertz CT molecular complexity index is 278.